The lowest BCUT2D eigenvalue weighted by atomic mass is 10.2. The van der Waals surface area contributed by atoms with E-state index in [1.165, 1.54) is 34.5 Å². The van der Waals surface area contributed by atoms with Gasteiger partial charge in [-0.05, 0) is 58.5 Å². The van der Waals surface area contributed by atoms with Crippen molar-refractivity contribution in [1.82, 2.24) is 4.72 Å². The van der Waals surface area contributed by atoms with Gasteiger partial charge in [-0.3, -0.25) is 0 Å². The molecule has 0 saturated heterocycles. The van der Waals surface area contributed by atoms with Crippen molar-refractivity contribution < 1.29 is 27.4 Å². The van der Waals surface area contributed by atoms with Gasteiger partial charge in [0.15, 0.2) is 11.5 Å². The average Bonchev–Trinajstić information content (AvgIpc) is 2.65. The van der Waals surface area contributed by atoms with E-state index in [2.05, 4.69) is 4.72 Å². The molecule has 2 aromatic carbocycles. The van der Waals surface area contributed by atoms with Gasteiger partial charge in [0.25, 0.3) is 0 Å². The first-order valence-electron chi connectivity index (χ1n) is 7.48. The van der Waals surface area contributed by atoms with Crippen LogP contribution in [-0.2, 0) is 16.6 Å². The molecule has 0 aliphatic rings. The molecule has 7 nitrogen and oxygen atoms in total. The average molecular weight is 493 g/mol. The van der Waals surface area contributed by atoms with Crippen LogP contribution in [0.1, 0.15) is 5.56 Å². The molecule has 0 atom stereocenters. The second kappa shape index (κ2) is 8.78. The minimum absolute atomic E-state index is 0.0711. The van der Waals surface area contributed by atoms with Gasteiger partial charge in [0, 0.05) is 6.54 Å². The van der Waals surface area contributed by atoms with Crippen LogP contribution in [0, 0.1) is 3.57 Å². The van der Waals surface area contributed by atoms with Crippen LogP contribution in [0.3, 0.4) is 0 Å². The Labute approximate surface area is 166 Å². The van der Waals surface area contributed by atoms with Crippen LogP contribution in [0.2, 0.25) is 0 Å². The van der Waals surface area contributed by atoms with Crippen molar-refractivity contribution in [3.8, 4) is 23.0 Å². The van der Waals surface area contributed by atoms with Crippen molar-refractivity contribution in [2.24, 2.45) is 0 Å². The van der Waals surface area contributed by atoms with E-state index < -0.39 is 10.0 Å². The maximum atomic E-state index is 12.5. The number of rotatable bonds is 8. The molecule has 0 aromatic heterocycles. The van der Waals surface area contributed by atoms with E-state index in [0.29, 0.717) is 32.1 Å². The number of nitrogens with one attached hydrogen (secondary N) is 1. The first-order valence-corrected chi connectivity index (χ1v) is 10.0. The standard InChI is InChI=1S/C17H20INO6S/c1-22-14-6-5-12(9-13(14)18)26(20,21)19-10-11-7-15(23-2)17(25-4)16(8-11)24-3/h5-9,19H,10H2,1-4H3. The molecule has 2 aromatic rings. The summed E-state index contributed by atoms with van der Waals surface area (Å²) in [5, 5.41) is 0. The molecule has 0 unspecified atom stereocenters. The van der Waals surface area contributed by atoms with E-state index >= 15 is 0 Å². The fourth-order valence-electron chi connectivity index (χ4n) is 2.31. The van der Waals surface area contributed by atoms with Crippen LogP contribution >= 0.6 is 22.6 Å². The molecule has 142 valence electrons. The number of ether oxygens (including phenoxy) is 4. The fraction of sp³-hybridized carbons (Fsp3) is 0.294. The lowest BCUT2D eigenvalue weighted by Crippen LogP contribution is -2.23. The van der Waals surface area contributed by atoms with E-state index in [1.54, 1.807) is 24.3 Å². The highest BCUT2D eigenvalue weighted by molar-refractivity contribution is 14.1. The second-order valence-corrected chi connectivity index (χ2v) is 8.08. The molecule has 9 heteroatoms. The molecule has 2 rings (SSSR count). The van der Waals surface area contributed by atoms with Gasteiger partial charge >= 0.3 is 0 Å². The van der Waals surface area contributed by atoms with Gasteiger partial charge in [-0.1, -0.05) is 0 Å². The van der Waals surface area contributed by atoms with Crippen LogP contribution in [0.15, 0.2) is 35.2 Å². The molecule has 26 heavy (non-hydrogen) atoms. The smallest absolute Gasteiger partial charge is 0.240 e. The van der Waals surface area contributed by atoms with E-state index in [9.17, 15) is 8.42 Å². The highest BCUT2D eigenvalue weighted by Gasteiger charge is 2.18. The van der Waals surface area contributed by atoms with E-state index in [-0.39, 0.29) is 11.4 Å². The van der Waals surface area contributed by atoms with Gasteiger partial charge in [-0.2, -0.15) is 0 Å². The number of sulfonamides is 1. The predicted octanol–water partition coefficient (Wildman–Crippen LogP) is 2.80. The summed E-state index contributed by atoms with van der Waals surface area (Å²) in [6.45, 7) is 0.0711. The highest BCUT2D eigenvalue weighted by Crippen LogP contribution is 2.38. The monoisotopic (exact) mass is 493 g/mol. The van der Waals surface area contributed by atoms with Gasteiger partial charge in [0.2, 0.25) is 15.8 Å². The Hall–Kier alpha value is -1.72. The Morgan fingerprint density at radius 1 is 0.885 bits per heavy atom. The summed E-state index contributed by atoms with van der Waals surface area (Å²) in [5.41, 5.74) is 0.672. The zero-order valence-electron chi connectivity index (χ0n) is 14.8. The van der Waals surface area contributed by atoms with Crippen molar-refractivity contribution in [2.75, 3.05) is 28.4 Å². The molecule has 0 bridgehead atoms. The van der Waals surface area contributed by atoms with Crippen molar-refractivity contribution >= 4 is 32.6 Å². The summed E-state index contributed by atoms with van der Waals surface area (Å²) in [6, 6.07) is 8.06. The fourth-order valence-corrected chi connectivity index (χ4v) is 4.30. The summed E-state index contributed by atoms with van der Waals surface area (Å²) in [4.78, 5) is 0.162. The van der Waals surface area contributed by atoms with Crippen LogP contribution in [-0.4, -0.2) is 36.9 Å². The Bertz CT molecular complexity index is 860. The number of hydrogen-bond acceptors (Lipinski definition) is 6. The Morgan fingerprint density at radius 3 is 1.92 bits per heavy atom. The topological polar surface area (TPSA) is 83.1 Å². The SMILES string of the molecule is COc1ccc(S(=O)(=O)NCc2cc(OC)c(OC)c(OC)c2)cc1I. The number of methoxy groups -OCH3 is 4. The normalized spacial score (nSPS) is 11.1. The highest BCUT2D eigenvalue weighted by atomic mass is 127. The molecule has 0 amide bonds. The third kappa shape index (κ3) is 4.51. The maximum absolute atomic E-state index is 12.5. The third-order valence-electron chi connectivity index (χ3n) is 3.62. The second-order valence-electron chi connectivity index (χ2n) is 5.15. The zero-order chi connectivity index (χ0) is 19.3. The predicted molar refractivity (Wildman–Crippen MR) is 106 cm³/mol. The molecule has 1 N–H and O–H groups in total. The minimum Gasteiger partial charge on any atom is -0.496 e. The van der Waals surface area contributed by atoms with Gasteiger partial charge in [-0.25, -0.2) is 13.1 Å². The van der Waals surface area contributed by atoms with E-state index in [4.69, 9.17) is 18.9 Å². The lowest BCUT2D eigenvalue weighted by Gasteiger charge is -2.14. The lowest BCUT2D eigenvalue weighted by molar-refractivity contribution is 0.323. The number of benzene rings is 2. The zero-order valence-corrected chi connectivity index (χ0v) is 17.8. The minimum atomic E-state index is -3.68. The molecule has 0 fully saturated rings. The van der Waals surface area contributed by atoms with Gasteiger partial charge in [-0.15, -0.1) is 0 Å². The Kier molecular flexibility index (Phi) is 6.95. The number of hydrogen-bond donors (Lipinski definition) is 1. The van der Waals surface area contributed by atoms with Crippen molar-refractivity contribution in [3.63, 3.8) is 0 Å². The summed E-state index contributed by atoms with van der Waals surface area (Å²) in [7, 11) is 2.37. The summed E-state index contributed by atoms with van der Waals surface area (Å²) in [5.74, 6) is 1.99. The molecule has 0 spiro atoms. The number of halogens is 1. The Balaban J connectivity index is 2.25. The van der Waals surface area contributed by atoms with Crippen LogP contribution in [0.25, 0.3) is 0 Å². The first kappa shape index (κ1) is 20.6. The molecule has 0 aliphatic carbocycles. The molecule has 0 saturated carbocycles. The maximum Gasteiger partial charge on any atom is 0.240 e. The van der Waals surface area contributed by atoms with Crippen molar-refractivity contribution in [3.05, 3.63) is 39.5 Å². The summed E-state index contributed by atoms with van der Waals surface area (Å²) in [6.07, 6.45) is 0. The van der Waals surface area contributed by atoms with Crippen molar-refractivity contribution in [2.45, 2.75) is 11.4 Å². The van der Waals surface area contributed by atoms with E-state index in [1.807, 2.05) is 22.6 Å². The summed E-state index contributed by atoms with van der Waals surface area (Å²) < 4.78 is 49.3. The van der Waals surface area contributed by atoms with E-state index in [0.717, 1.165) is 0 Å². The molecule has 0 aliphatic heterocycles. The van der Waals surface area contributed by atoms with Crippen LogP contribution < -0.4 is 23.7 Å². The van der Waals surface area contributed by atoms with Crippen molar-refractivity contribution in [1.29, 1.82) is 0 Å². The van der Waals surface area contributed by atoms with Crippen LogP contribution in [0.4, 0.5) is 0 Å². The van der Waals surface area contributed by atoms with Gasteiger partial charge in [0.05, 0.1) is 36.9 Å². The molecular weight excluding hydrogens is 473 g/mol. The first-order chi connectivity index (χ1) is 12.4. The molecule has 0 radical (unpaired) electrons. The van der Waals surface area contributed by atoms with Gasteiger partial charge < -0.3 is 18.9 Å². The summed E-state index contributed by atoms with van der Waals surface area (Å²) >= 11 is 2.03. The molecule has 0 heterocycles. The van der Waals surface area contributed by atoms with Gasteiger partial charge in [0.1, 0.15) is 5.75 Å². The quantitative estimate of drug-likeness (QED) is 0.570. The molecular formula is C17H20INO6S. The van der Waals surface area contributed by atoms with Crippen LogP contribution in [0.5, 0.6) is 23.0 Å². The largest absolute Gasteiger partial charge is 0.496 e. The third-order valence-corrected chi connectivity index (χ3v) is 5.87. The Morgan fingerprint density at radius 2 is 1.46 bits per heavy atom.